The van der Waals surface area contributed by atoms with Gasteiger partial charge in [0.05, 0.1) is 18.5 Å². The summed E-state index contributed by atoms with van der Waals surface area (Å²) >= 11 is 1.67. The predicted molar refractivity (Wildman–Crippen MR) is 108 cm³/mol. The number of hydrogen-bond acceptors (Lipinski definition) is 5. The third kappa shape index (κ3) is 4.98. The molecular formula is C20H20N4O2S. The number of carbonyl (C=O) groups excluding carboxylic acids is 1. The van der Waals surface area contributed by atoms with E-state index < -0.39 is 0 Å². The highest BCUT2D eigenvalue weighted by Gasteiger charge is 2.10. The summed E-state index contributed by atoms with van der Waals surface area (Å²) < 4.78 is 5.42. The van der Waals surface area contributed by atoms with Crippen LogP contribution in [0.5, 0.6) is 5.75 Å². The summed E-state index contributed by atoms with van der Waals surface area (Å²) in [5.41, 5.74) is 5.33. The average Bonchev–Trinajstić information content (AvgIpc) is 3.20. The first kappa shape index (κ1) is 18.7. The fourth-order valence-corrected chi connectivity index (χ4v) is 2.80. The zero-order valence-corrected chi connectivity index (χ0v) is 15.9. The number of nitrogens with one attached hydrogen (secondary N) is 2. The third-order valence-electron chi connectivity index (χ3n) is 3.78. The van der Waals surface area contributed by atoms with E-state index in [0.717, 1.165) is 16.9 Å². The predicted octanol–water partition coefficient (Wildman–Crippen LogP) is 3.96. The lowest BCUT2D eigenvalue weighted by Gasteiger charge is -2.02. The summed E-state index contributed by atoms with van der Waals surface area (Å²) in [7, 11) is 0. The van der Waals surface area contributed by atoms with E-state index in [0.29, 0.717) is 18.0 Å². The van der Waals surface area contributed by atoms with Gasteiger partial charge in [-0.05, 0) is 61.2 Å². The van der Waals surface area contributed by atoms with Crippen molar-refractivity contribution < 1.29 is 9.53 Å². The molecule has 27 heavy (non-hydrogen) atoms. The van der Waals surface area contributed by atoms with Gasteiger partial charge in [-0.15, -0.1) is 11.8 Å². The van der Waals surface area contributed by atoms with Gasteiger partial charge in [0.1, 0.15) is 11.4 Å². The van der Waals surface area contributed by atoms with Crippen molar-refractivity contribution in [3.05, 3.63) is 65.9 Å². The van der Waals surface area contributed by atoms with Gasteiger partial charge >= 0.3 is 0 Å². The number of rotatable bonds is 7. The number of hydrazone groups is 1. The van der Waals surface area contributed by atoms with Gasteiger partial charge in [-0.3, -0.25) is 9.89 Å². The van der Waals surface area contributed by atoms with Crippen LogP contribution in [-0.2, 0) is 0 Å². The topological polar surface area (TPSA) is 79.4 Å². The second-order valence-electron chi connectivity index (χ2n) is 5.60. The van der Waals surface area contributed by atoms with Crippen molar-refractivity contribution >= 4 is 23.9 Å². The molecule has 1 heterocycles. The van der Waals surface area contributed by atoms with E-state index in [9.17, 15) is 4.79 Å². The van der Waals surface area contributed by atoms with Crippen LogP contribution in [0.1, 0.15) is 23.0 Å². The monoisotopic (exact) mass is 380 g/mol. The molecule has 6 nitrogen and oxygen atoms in total. The van der Waals surface area contributed by atoms with Crippen LogP contribution in [0.25, 0.3) is 11.3 Å². The Morgan fingerprint density at radius 1 is 1.22 bits per heavy atom. The van der Waals surface area contributed by atoms with E-state index >= 15 is 0 Å². The molecule has 0 bridgehead atoms. The first-order chi connectivity index (χ1) is 13.2. The maximum absolute atomic E-state index is 12.2. The summed E-state index contributed by atoms with van der Waals surface area (Å²) in [6.45, 7) is 2.56. The molecule has 0 spiro atoms. The molecule has 3 rings (SSSR count). The zero-order valence-electron chi connectivity index (χ0n) is 15.1. The highest BCUT2D eigenvalue weighted by atomic mass is 32.2. The van der Waals surface area contributed by atoms with Crippen molar-refractivity contribution in [2.45, 2.75) is 11.8 Å². The average molecular weight is 380 g/mol. The number of nitrogens with zero attached hydrogens (tertiary/aromatic N) is 2. The van der Waals surface area contributed by atoms with Crippen LogP contribution in [0.2, 0.25) is 0 Å². The van der Waals surface area contributed by atoms with Gasteiger partial charge in [0, 0.05) is 10.5 Å². The van der Waals surface area contributed by atoms with Crippen molar-refractivity contribution in [3.8, 4) is 17.0 Å². The van der Waals surface area contributed by atoms with Crippen molar-refractivity contribution in [2.75, 3.05) is 12.9 Å². The van der Waals surface area contributed by atoms with Gasteiger partial charge in [-0.1, -0.05) is 12.1 Å². The standard InChI is InChI=1S/C20H20N4O2S/c1-3-26-16-8-6-15(7-9-16)18-12-19(23-22-18)20(25)24-21-13-14-4-10-17(27-2)11-5-14/h4-13H,3H2,1-2H3,(H,22,23)(H,24,25)/b21-13-. The molecule has 2 N–H and O–H groups in total. The summed E-state index contributed by atoms with van der Waals surface area (Å²) in [6, 6.07) is 17.1. The molecule has 0 unspecified atom stereocenters. The molecule has 0 aliphatic carbocycles. The fraction of sp³-hybridized carbons (Fsp3) is 0.150. The minimum absolute atomic E-state index is 0.341. The smallest absolute Gasteiger partial charge is 0.289 e. The van der Waals surface area contributed by atoms with Crippen LogP contribution in [0, 0.1) is 0 Å². The number of aromatic amines is 1. The molecule has 0 saturated carbocycles. The van der Waals surface area contributed by atoms with Crippen LogP contribution < -0.4 is 10.2 Å². The van der Waals surface area contributed by atoms with E-state index in [1.807, 2.05) is 61.7 Å². The summed E-state index contributed by atoms with van der Waals surface area (Å²) in [6.07, 6.45) is 3.63. The Hall–Kier alpha value is -3.06. The minimum atomic E-state index is -0.350. The highest BCUT2D eigenvalue weighted by molar-refractivity contribution is 7.98. The number of H-pyrrole nitrogens is 1. The van der Waals surface area contributed by atoms with E-state index in [2.05, 4.69) is 20.7 Å². The number of amides is 1. The van der Waals surface area contributed by atoms with Gasteiger partial charge in [0.15, 0.2) is 0 Å². The summed E-state index contributed by atoms with van der Waals surface area (Å²) in [5.74, 6) is 0.450. The van der Waals surface area contributed by atoms with Crippen molar-refractivity contribution in [2.24, 2.45) is 5.10 Å². The van der Waals surface area contributed by atoms with Crippen molar-refractivity contribution in [3.63, 3.8) is 0 Å². The Kier molecular flexibility index (Phi) is 6.27. The maximum Gasteiger partial charge on any atom is 0.289 e. The minimum Gasteiger partial charge on any atom is -0.494 e. The van der Waals surface area contributed by atoms with Crippen LogP contribution in [-0.4, -0.2) is 35.2 Å². The van der Waals surface area contributed by atoms with Crippen LogP contribution >= 0.6 is 11.8 Å². The van der Waals surface area contributed by atoms with Crippen molar-refractivity contribution in [1.82, 2.24) is 15.6 Å². The molecule has 3 aromatic rings. The normalized spacial score (nSPS) is 10.9. The summed E-state index contributed by atoms with van der Waals surface area (Å²) in [4.78, 5) is 13.4. The Labute approximate surface area is 162 Å². The third-order valence-corrected chi connectivity index (χ3v) is 4.52. The van der Waals surface area contributed by atoms with E-state index in [4.69, 9.17) is 4.74 Å². The number of benzene rings is 2. The molecule has 138 valence electrons. The quantitative estimate of drug-likeness (QED) is 0.369. The number of aromatic nitrogens is 2. The Balaban J connectivity index is 1.61. The lowest BCUT2D eigenvalue weighted by atomic mass is 10.1. The number of ether oxygens (including phenoxy) is 1. The Morgan fingerprint density at radius 3 is 2.63 bits per heavy atom. The molecule has 0 fully saturated rings. The number of thioether (sulfide) groups is 1. The molecule has 2 aromatic carbocycles. The highest BCUT2D eigenvalue weighted by Crippen LogP contribution is 2.21. The van der Waals surface area contributed by atoms with Gasteiger partial charge in [-0.2, -0.15) is 10.2 Å². The maximum atomic E-state index is 12.2. The lowest BCUT2D eigenvalue weighted by Crippen LogP contribution is -2.17. The Morgan fingerprint density at radius 2 is 1.96 bits per heavy atom. The molecule has 0 radical (unpaired) electrons. The van der Waals surface area contributed by atoms with Gasteiger partial charge < -0.3 is 4.74 Å². The molecule has 0 aliphatic rings. The largest absolute Gasteiger partial charge is 0.494 e. The number of hydrogen-bond donors (Lipinski definition) is 2. The zero-order chi connectivity index (χ0) is 19.1. The van der Waals surface area contributed by atoms with Gasteiger partial charge in [0.2, 0.25) is 0 Å². The first-order valence-electron chi connectivity index (χ1n) is 8.45. The molecule has 1 aromatic heterocycles. The van der Waals surface area contributed by atoms with Crippen molar-refractivity contribution in [1.29, 1.82) is 0 Å². The first-order valence-corrected chi connectivity index (χ1v) is 9.68. The lowest BCUT2D eigenvalue weighted by molar-refractivity contribution is 0.0950. The number of carbonyl (C=O) groups is 1. The molecule has 0 aliphatic heterocycles. The van der Waals surface area contributed by atoms with E-state index in [1.54, 1.807) is 24.0 Å². The van der Waals surface area contributed by atoms with E-state index in [-0.39, 0.29) is 5.91 Å². The molecule has 7 heteroatoms. The molecule has 0 saturated heterocycles. The van der Waals surface area contributed by atoms with Gasteiger partial charge in [-0.25, -0.2) is 5.43 Å². The Bertz CT molecular complexity index is 918. The second kappa shape index (κ2) is 9.05. The molecular weight excluding hydrogens is 360 g/mol. The van der Waals surface area contributed by atoms with Crippen LogP contribution in [0.4, 0.5) is 0 Å². The fourth-order valence-electron chi connectivity index (χ4n) is 2.39. The molecule has 1 amide bonds. The van der Waals surface area contributed by atoms with E-state index in [1.165, 1.54) is 4.90 Å². The summed E-state index contributed by atoms with van der Waals surface area (Å²) in [5, 5.41) is 10.9. The van der Waals surface area contributed by atoms with Crippen LogP contribution in [0.3, 0.4) is 0 Å². The van der Waals surface area contributed by atoms with Gasteiger partial charge in [0.25, 0.3) is 5.91 Å². The van der Waals surface area contributed by atoms with Crippen LogP contribution in [0.15, 0.2) is 64.6 Å². The second-order valence-corrected chi connectivity index (χ2v) is 6.48. The SMILES string of the molecule is CCOc1ccc(-c2cc(C(=O)N/N=C\c3ccc(SC)cc3)[nH]n2)cc1. The molecule has 0 atom stereocenters.